The Hall–Kier alpha value is 0.390. The van der Waals surface area contributed by atoms with Crippen molar-refractivity contribution in [1.29, 1.82) is 0 Å². The minimum atomic E-state index is -0.670. The van der Waals surface area contributed by atoms with E-state index in [2.05, 4.69) is 37.6 Å². The molecule has 1 rings (SSSR count). The molecule has 0 radical (unpaired) electrons. The topological polar surface area (TPSA) is 0 Å². The maximum absolute atomic E-state index is 2.41. The SMILES string of the molecule is CC[P+]1(CC)C=CC=C1.[Br-]. The summed E-state index contributed by atoms with van der Waals surface area (Å²) in [6, 6.07) is 0. The van der Waals surface area contributed by atoms with Crippen molar-refractivity contribution >= 4 is 7.26 Å². The molecule has 0 unspecified atom stereocenters. The Morgan fingerprint density at radius 3 is 1.60 bits per heavy atom. The van der Waals surface area contributed by atoms with Crippen molar-refractivity contribution in [3.63, 3.8) is 0 Å². The molecule has 0 aromatic carbocycles. The first-order valence-electron chi connectivity index (χ1n) is 3.56. The molecule has 58 valence electrons. The van der Waals surface area contributed by atoms with Gasteiger partial charge in [-0.3, -0.25) is 0 Å². The van der Waals surface area contributed by atoms with E-state index in [1.807, 2.05) is 0 Å². The molecule has 0 saturated carbocycles. The van der Waals surface area contributed by atoms with Gasteiger partial charge in [0.1, 0.15) is 0 Å². The monoisotopic (exact) mass is 220 g/mol. The molecule has 0 aliphatic carbocycles. The van der Waals surface area contributed by atoms with Crippen LogP contribution in [0.15, 0.2) is 23.8 Å². The van der Waals surface area contributed by atoms with E-state index in [-0.39, 0.29) is 17.0 Å². The zero-order valence-electron chi connectivity index (χ0n) is 6.55. The first kappa shape index (κ1) is 10.4. The molecule has 0 aromatic rings. The van der Waals surface area contributed by atoms with Crippen molar-refractivity contribution in [2.75, 3.05) is 12.3 Å². The largest absolute Gasteiger partial charge is 1.00 e. The molecule has 0 bridgehead atoms. The Kier molecular flexibility index (Phi) is 4.47. The van der Waals surface area contributed by atoms with Crippen molar-refractivity contribution in [3.05, 3.63) is 23.8 Å². The van der Waals surface area contributed by atoms with Crippen LogP contribution in [0, 0.1) is 0 Å². The van der Waals surface area contributed by atoms with E-state index in [0.29, 0.717) is 0 Å². The summed E-state index contributed by atoms with van der Waals surface area (Å²) < 4.78 is 0. The zero-order valence-corrected chi connectivity index (χ0v) is 9.03. The fourth-order valence-electron chi connectivity index (χ4n) is 1.14. The molecular weight excluding hydrogens is 207 g/mol. The Morgan fingerprint density at radius 2 is 1.40 bits per heavy atom. The van der Waals surface area contributed by atoms with Crippen LogP contribution in [0.2, 0.25) is 0 Å². The van der Waals surface area contributed by atoms with Crippen LogP contribution in [0.4, 0.5) is 0 Å². The maximum Gasteiger partial charge on any atom is 0.0648 e. The Bertz CT molecular complexity index is 131. The number of hydrogen-bond acceptors (Lipinski definition) is 0. The van der Waals surface area contributed by atoms with Crippen LogP contribution in [-0.2, 0) is 0 Å². The van der Waals surface area contributed by atoms with Gasteiger partial charge in [-0.05, 0) is 26.0 Å². The van der Waals surface area contributed by atoms with Gasteiger partial charge in [0.05, 0.1) is 31.2 Å². The fraction of sp³-hybridized carbons (Fsp3) is 0.500. The standard InChI is InChI=1S/C8H14P.BrH/c1-3-9(4-2)7-5-6-8-9;/h5-8H,3-4H2,1-2H3;1H/q+1;/p-1. The molecule has 0 saturated heterocycles. The summed E-state index contributed by atoms with van der Waals surface area (Å²) >= 11 is 0. The molecule has 0 spiro atoms. The van der Waals surface area contributed by atoms with E-state index in [9.17, 15) is 0 Å². The molecule has 10 heavy (non-hydrogen) atoms. The maximum atomic E-state index is 2.41. The number of halogens is 1. The zero-order chi connectivity index (χ0) is 6.74. The summed E-state index contributed by atoms with van der Waals surface area (Å²) in [4.78, 5) is 0. The van der Waals surface area contributed by atoms with Crippen molar-refractivity contribution in [2.24, 2.45) is 0 Å². The van der Waals surface area contributed by atoms with E-state index < -0.39 is 7.26 Å². The second kappa shape index (κ2) is 4.31. The molecule has 2 heteroatoms. The van der Waals surface area contributed by atoms with E-state index in [1.165, 1.54) is 12.3 Å². The van der Waals surface area contributed by atoms with Crippen LogP contribution in [0.25, 0.3) is 0 Å². The van der Waals surface area contributed by atoms with Gasteiger partial charge in [0, 0.05) is 0 Å². The van der Waals surface area contributed by atoms with Crippen LogP contribution in [0.3, 0.4) is 0 Å². The summed E-state index contributed by atoms with van der Waals surface area (Å²) in [7, 11) is -0.670. The molecule has 0 nitrogen and oxygen atoms in total. The summed E-state index contributed by atoms with van der Waals surface area (Å²) in [5, 5.41) is 0. The lowest BCUT2D eigenvalue weighted by Gasteiger charge is -2.11. The fourth-order valence-corrected chi connectivity index (χ4v) is 3.41. The van der Waals surface area contributed by atoms with Gasteiger partial charge in [0.2, 0.25) is 0 Å². The minimum Gasteiger partial charge on any atom is -1.00 e. The first-order valence-corrected chi connectivity index (χ1v) is 5.86. The minimum absolute atomic E-state index is 0. The highest BCUT2D eigenvalue weighted by Crippen LogP contribution is 2.63. The number of hydrogen-bond donors (Lipinski definition) is 0. The van der Waals surface area contributed by atoms with Gasteiger partial charge in [0.25, 0.3) is 0 Å². The first-order chi connectivity index (χ1) is 4.33. The Labute approximate surface area is 74.5 Å². The van der Waals surface area contributed by atoms with E-state index in [0.717, 1.165) is 0 Å². The number of allylic oxidation sites excluding steroid dienone is 2. The van der Waals surface area contributed by atoms with Gasteiger partial charge in [-0.15, -0.1) is 0 Å². The van der Waals surface area contributed by atoms with Gasteiger partial charge in [0.15, 0.2) is 0 Å². The predicted molar refractivity (Wildman–Crippen MR) is 46.3 cm³/mol. The van der Waals surface area contributed by atoms with E-state index in [4.69, 9.17) is 0 Å². The molecule has 0 N–H and O–H groups in total. The summed E-state index contributed by atoms with van der Waals surface area (Å²) in [5.74, 6) is 4.82. The second-order valence-electron chi connectivity index (χ2n) is 2.42. The average molecular weight is 221 g/mol. The van der Waals surface area contributed by atoms with Gasteiger partial charge >= 0.3 is 0 Å². The molecule has 1 heterocycles. The average Bonchev–Trinajstić information content (AvgIpc) is 2.36. The number of rotatable bonds is 2. The van der Waals surface area contributed by atoms with Gasteiger partial charge < -0.3 is 17.0 Å². The highest BCUT2D eigenvalue weighted by Gasteiger charge is 2.28. The Balaban J connectivity index is 0.000000810. The second-order valence-corrected chi connectivity index (χ2v) is 6.49. The van der Waals surface area contributed by atoms with Crippen LogP contribution < -0.4 is 17.0 Å². The summed E-state index contributed by atoms with van der Waals surface area (Å²) in [5.41, 5.74) is 0. The van der Waals surface area contributed by atoms with Gasteiger partial charge in [-0.1, -0.05) is 0 Å². The summed E-state index contributed by atoms with van der Waals surface area (Å²) in [6.07, 6.45) is 7.08. The molecular formula is C8H14BrP. The smallest absolute Gasteiger partial charge is 0.0648 e. The third-order valence-electron chi connectivity index (χ3n) is 2.05. The van der Waals surface area contributed by atoms with E-state index in [1.54, 1.807) is 0 Å². The van der Waals surface area contributed by atoms with Crippen molar-refractivity contribution in [3.8, 4) is 0 Å². The van der Waals surface area contributed by atoms with Gasteiger partial charge in [-0.25, -0.2) is 0 Å². The lowest BCUT2D eigenvalue weighted by molar-refractivity contribution is -0.00000196. The van der Waals surface area contributed by atoms with E-state index >= 15 is 0 Å². The van der Waals surface area contributed by atoms with Gasteiger partial charge in [-0.2, -0.15) is 0 Å². The normalized spacial score (nSPS) is 19.0. The lowest BCUT2D eigenvalue weighted by Crippen LogP contribution is -3.00. The molecule has 0 aromatic heterocycles. The van der Waals surface area contributed by atoms with Crippen LogP contribution in [0.1, 0.15) is 13.8 Å². The third-order valence-corrected chi connectivity index (χ3v) is 5.94. The molecule has 0 atom stereocenters. The molecule has 1 aliphatic rings. The molecule has 0 amide bonds. The van der Waals surface area contributed by atoms with Crippen molar-refractivity contribution in [1.82, 2.24) is 0 Å². The van der Waals surface area contributed by atoms with Crippen LogP contribution >= 0.6 is 7.26 Å². The highest BCUT2D eigenvalue weighted by molar-refractivity contribution is 7.81. The third kappa shape index (κ3) is 1.93. The summed E-state index contributed by atoms with van der Waals surface area (Å²) in [6.45, 7) is 4.58. The quantitative estimate of drug-likeness (QED) is 0.580. The highest BCUT2D eigenvalue weighted by atomic mass is 79.9. The predicted octanol–water partition coefficient (Wildman–Crippen LogP) is 0.0888. The van der Waals surface area contributed by atoms with Crippen molar-refractivity contribution in [2.45, 2.75) is 13.8 Å². The van der Waals surface area contributed by atoms with Crippen molar-refractivity contribution < 1.29 is 17.0 Å². The van der Waals surface area contributed by atoms with Crippen LogP contribution in [0.5, 0.6) is 0 Å². The molecule has 0 fully saturated rings. The Morgan fingerprint density at radius 1 is 1.00 bits per heavy atom. The lowest BCUT2D eigenvalue weighted by atomic mass is 10.6. The molecule has 1 aliphatic heterocycles. The van der Waals surface area contributed by atoms with Crippen LogP contribution in [-0.4, -0.2) is 12.3 Å².